The van der Waals surface area contributed by atoms with Crippen LogP contribution < -0.4 is 0 Å². The Bertz CT molecular complexity index is 1880. The Morgan fingerprint density at radius 2 is 0.739 bits per heavy atom. The summed E-state index contributed by atoms with van der Waals surface area (Å²) in [5, 5.41) is 33.2. The van der Waals surface area contributed by atoms with Gasteiger partial charge in [0.2, 0.25) is 0 Å². The molecule has 46 heavy (non-hydrogen) atoms. The van der Waals surface area contributed by atoms with Crippen LogP contribution in [-0.4, -0.2) is 15.3 Å². The van der Waals surface area contributed by atoms with E-state index in [0.717, 1.165) is 67.6 Å². The molecular formula is C43H40O3. The van der Waals surface area contributed by atoms with Crippen molar-refractivity contribution in [1.29, 1.82) is 0 Å². The second-order valence-corrected chi connectivity index (χ2v) is 12.5. The first-order valence-corrected chi connectivity index (χ1v) is 15.9. The first-order valence-electron chi connectivity index (χ1n) is 15.9. The monoisotopic (exact) mass is 604 g/mol. The van der Waals surface area contributed by atoms with Crippen molar-refractivity contribution in [2.45, 2.75) is 46.0 Å². The second-order valence-electron chi connectivity index (χ2n) is 12.5. The normalized spacial score (nSPS) is 11.9. The van der Waals surface area contributed by atoms with Gasteiger partial charge in [0.1, 0.15) is 17.2 Å². The van der Waals surface area contributed by atoms with Gasteiger partial charge in [-0.2, -0.15) is 0 Å². The minimum atomic E-state index is -0.0468. The van der Waals surface area contributed by atoms with Crippen LogP contribution in [0.3, 0.4) is 0 Å². The number of benzene rings is 6. The van der Waals surface area contributed by atoms with Crippen molar-refractivity contribution in [1.82, 2.24) is 0 Å². The molecule has 0 saturated carbocycles. The maximum absolute atomic E-state index is 11.1. The van der Waals surface area contributed by atoms with Gasteiger partial charge in [-0.1, -0.05) is 97.9 Å². The lowest BCUT2D eigenvalue weighted by molar-refractivity contribution is 0.476. The zero-order valence-corrected chi connectivity index (χ0v) is 26.8. The van der Waals surface area contributed by atoms with Gasteiger partial charge in [-0.15, -0.1) is 0 Å². The first kappa shape index (κ1) is 30.7. The van der Waals surface area contributed by atoms with Gasteiger partial charge in [0.25, 0.3) is 0 Å². The molecule has 3 heteroatoms. The fourth-order valence-corrected chi connectivity index (χ4v) is 6.86. The van der Waals surface area contributed by atoms with Crippen LogP contribution in [0.4, 0.5) is 0 Å². The summed E-state index contributed by atoms with van der Waals surface area (Å²) >= 11 is 0. The highest BCUT2D eigenvalue weighted by molar-refractivity contribution is 5.75. The Morgan fingerprint density at radius 1 is 0.435 bits per heavy atom. The molecule has 0 radical (unpaired) electrons. The zero-order chi connectivity index (χ0) is 32.4. The lowest BCUT2D eigenvalue weighted by Gasteiger charge is -2.28. The number of rotatable bonds is 8. The molecule has 0 bridgehead atoms. The third-order valence-electron chi connectivity index (χ3n) is 9.28. The molecule has 0 aliphatic carbocycles. The molecule has 3 N–H and O–H groups in total. The molecule has 0 aliphatic heterocycles. The molecule has 6 rings (SSSR count). The number of hydrogen-bond donors (Lipinski definition) is 3. The van der Waals surface area contributed by atoms with E-state index >= 15 is 0 Å². The van der Waals surface area contributed by atoms with Crippen LogP contribution in [0.1, 0.15) is 58.6 Å². The van der Waals surface area contributed by atoms with Crippen LogP contribution in [-0.2, 0) is 0 Å². The Labute approximate surface area is 272 Å². The Balaban J connectivity index is 1.52. The number of aryl methyl sites for hydroxylation is 3. The second kappa shape index (κ2) is 13.0. The van der Waals surface area contributed by atoms with Crippen molar-refractivity contribution >= 4 is 0 Å². The first-order chi connectivity index (χ1) is 22.2. The van der Waals surface area contributed by atoms with Gasteiger partial charge in [0.05, 0.1) is 0 Å². The summed E-state index contributed by atoms with van der Waals surface area (Å²) in [6.45, 7) is 8.44. The van der Waals surface area contributed by atoms with E-state index in [-0.39, 0.29) is 29.1 Å². The lowest BCUT2D eigenvalue weighted by atomic mass is 9.76. The van der Waals surface area contributed by atoms with Gasteiger partial charge in [0, 0.05) is 22.6 Å². The molecule has 3 nitrogen and oxygen atoms in total. The van der Waals surface area contributed by atoms with E-state index < -0.39 is 0 Å². The Morgan fingerprint density at radius 3 is 1.09 bits per heavy atom. The molecule has 0 saturated heterocycles. The van der Waals surface area contributed by atoms with Gasteiger partial charge >= 0.3 is 0 Å². The van der Waals surface area contributed by atoms with Crippen molar-refractivity contribution < 1.29 is 15.3 Å². The van der Waals surface area contributed by atoms with Gasteiger partial charge in [-0.05, 0) is 120 Å². The van der Waals surface area contributed by atoms with Crippen LogP contribution >= 0.6 is 0 Å². The van der Waals surface area contributed by atoms with E-state index in [1.54, 1.807) is 0 Å². The summed E-state index contributed by atoms with van der Waals surface area (Å²) in [5.41, 5.74) is 11.8. The molecule has 0 aromatic heterocycles. The van der Waals surface area contributed by atoms with E-state index in [1.165, 1.54) is 5.56 Å². The van der Waals surface area contributed by atoms with E-state index in [1.807, 2.05) is 109 Å². The van der Waals surface area contributed by atoms with Crippen molar-refractivity contribution in [3.05, 3.63) is 161 Å². The average molecular weight is 605 g/mol. The number of hydrogen-bond acceptors (Lipinski definition) is 3. The summed E-state index contributed by atoms with van der Waals surface area (Å²) in [7, 11) is 0. The smallest absolute Gasteiger partial charge is 0.123 e. The highest BCUT2D eigenvalue weighted by Crippen LogP contribution is 2.45. The van der Waals surface area contributed by atoms with E-state index in [9.17, 15) is 15.3 Å². The zero-order valence-electron chi connectivity index (χ0n) is 26.8. The quantitative estimate of drug-likeness (QED) is 0.162. The van der Waals surface area contributed by atoms with Crippen molar-refractivity contribution in [2.24, 2.45) is 0 Å². The fourth-order valence-electron chi connectivity index (χ4n) is 6.86. The Hall–Kier alpha value is -5.28. The molecule has 0 aliphatic rings. The topological polar surface area (TPSA) is 60.7 Å². The van der Waals surface area contributed by atoms with Crippen molar-refractivity contribution in [3.8, 4) is 50.6 Å². The fraction of sp³-hybridized carbons (Fsp3) is 0.163. The summed E-state index contributed by atoms with van der Waals surface area (Å²) < 4.78 is 0. The molecule has 1 unspecified atom stereocenters. The third kappa shape index (κ3) is 6.14. The van der Waals surface area contributed by atoms with Crippen LogP contribution in [0.5, 0.6) is 17.2 Å². The predicted octanol–water partition coefficient (Wildman–Crippen LogP) is 11.1. The van der Waals surface area contributed by atoms with Gasteiger partial charge < -0.3 is 15.3 Å². The maximum Gasteiger partial charge on any atom is 0.123 e. The minimum absolute atomic E-state index is 0.0468. The van der Waals surface area contributed by atoms with Crippen LogP contribution in [0, 0.1) is 20.8 Å². The third-order valence-corrected chi connectivity index (χ3v) is 9.28. The number of aromatic hydroxyl groups is 3. The molecule has 0 amide bonds. The van der Waals surface area contributed by atoms with Crippen molar-refractivity contribution in [3.63, 3.8) is 0 Å². The molecule has 6 aromatic carbocycles. The molecule has 0 fully saturated rings. The SMILES string of the molecule is Cc1cc(O)c(-c2ccccc2)cc1C(C)CC(c1cc(-c2ccccc2)c(O)cc1C)c1cc(-c2ccccc2)c(O)cc1C. The molecule has 1 atom stereocenters. The number of phenols is 3. The van der Waals surface area contributed by atoms with Gasteiger partial charge in [0.15, 0.2) is 0 Å². The Kier molecular flexibility index (Phi) is 8.68. The highest BCUT2D eigenvalue weighted by atomic mass is 16.3. The summed E-state index contributed by atoms with van der Waals surface area (Å²) in [5.74, 6) is 0.867. The molecule has 0 spiro atoms. The van der Waals surface area contributed by atoms with E-state index in [0.29, 0.717) is 0 Å². The maximum atomic E-state index is 11.1. The van der Waals surface area contributed by atoms with Crippen LogP contribution in [0.25, 0.3) is 33.4 Å². The molecule has 0 heterocycles. The minimum Gasteiger partial charge on any atom is -0.507 e. The van der Waals surface area contributed by atoms with Gasteiger partial charge in [-0.3, -0.25) is 0 Å². The van der Waals surface area contributed by atoms with E-state index in [4.69, 9.17) is 0 Å². The van der Waals surface area contributed by atoms with E-state index in [2.05, 4.69) is 45.9 Å². The molecule has 6 aromatic rings. The predicted molar refractivity (Wildman–Crippen MR) is 190 cm³/mol. The lowest BCUT2D eigenvalue weighted by Crippen LogP contribution is -2.11. The van der Waals surface area contributed by atoms with Gasteiger partial charge in [-0.25, -0.2) is 0 Å². The standard InChI is InChI=1S/C43H40O3/c1-27(34-24-37(41(44)21-28(34)2)31-14-8-5-9-15-31)20-40(35-25-38(42(45)22-29(35)3)32-16-10-6-11-17-32)36-26-39(43(46)23-30(36)4)33-18-12-7-13-19-33/h5-19,21-27,40,44-46H,20H2,1-4H3. The molecular weight excluding hydrogens is 564 g/mol. The summed E-state index contributed by atoms with van der Waals surface area (Å²) in [6, 6.07) is 42.1. The summed E-state index contributed by atoms with van der Waals surface area (Å²) in [4.78, 5) is 0. The van der Waals surface area contributed by atoms with Crippen LogP contribution in [0.2, 0.25) is 0 Å². The molecule has 230 valence electrons. The largest absolute Gasteiger partial charge is 0.507 e. The van der Waals surface area contributed by atoms with Crippen molar-refractivity contribution in [2.75, 3.05) is 0 Å². The van der Waals surface area contributed by atoms with Crippen LogP contribution in [0.15, 0.2) is 127 Å². The summed E-state index contributed by atoms with van der Waals surface area (Å²) in [6.07, 6.45) is 0.777. The average Bonchev–Trinajstić information content (AvgIpc) is 3.05. The number of phenolic OH excluding ortho intramolecular Hbond substituents is 3. The highest BCUT2D eigenvalue weighted by Gasteiger charge is 2.26.